The highest BCUT2D eigenvalue weighted by Crippen LogP contribution is 2.35. The number of para-hydroxylation sites is 7. The molecule has 0 aliphatic carbocycles. The maximum absolute atomic E-state index is 4.00. The number of aryl methyl sites for hydroxylation is 1. The Morgan fingerprint density at radius 3 is 1.26 bits per heavy atom. The van der Waals surface area contributed by atoms with E-state index in [-0.39, 0.29) is 0 Å². The average molecular weight is 787 g/mol. The zero-order chi connectivity index (χ0) is 41.7. The van der Waals surface area contributed by atoms with Crippen molar-refractivity contribution >= 4 is 82.5 Å². The predicted molar refractivity (Wildman–Crippen MR) is 263 cm³/mol. The number of rotatable bonds is 7. The van der Waals surface area contributed by atoms with Crippen LogP contribution in [0.25, 0.3) is 76.8 Å². The summed E-state index contributed by atoms with van der Waals surface area (Å²) in [5, 5.41) is 7.77. The second kappa shape index (κ2) is 17.1. The van der Waals surface area contributed by atoms with Gasteiger partial charge in [0.05, 0.1) is 22.1 Å². The van der Waals surface area contributed by atoms with Crippen LogP contribution in [0.3, 0.4) is 0 Å². The molecule has 0 aliphatic heterocycles. The van der Waals surface area contributed by atoms with E-state index in [1.807, 2.05) is 0 Å². The molecule has 0 aliphatic rings. The molecule has 0 saturated heterocycles. The number of fused-ring (bicyclic) bond motifs is 9. The van der Waals surface area contributed by atoms with E-state index < -0.39 is 0 Å². The molecule has 0 N–H and O–H groups in total. The molecule has 3 aromatic heterocycles. The van der Waals surface area contributed by atoms with Gasteiger partial charge in [-0.15, -0.1) is 12.8 Å². The van der Waals surface area contributed by atoms with Gasteiger partial charge in [-0.3, -0.25) is 0 Å². The summed E-state index contributed by atoms with van der Waals surface area (Å²) in [6, 6.07) is 71.3. The number of benzene rings is 8. The SMILES string of the molecule is C#C.C/C=C(\C=C/CN(c1ccccc1)c1ccc(-n2c3ccccc3c3ccccc32)cc1)n1c2ccccc2c2ccccc21.Cn1c2ccccc2c2ccccc21. The van der Waals surface area contributed by atoms with Gasteiger partial charge >= 0.3 is 0 Å². The summed E-state index contributed by atoms with van der Waals surface area (Å²) in [7, 11) is 2.12. The van der Waals surface area contributed by atoms with Crippen molar-refractivity contribution in [1.82, 2.24) is 13.7 Å². The molecule has 294 valence electrons. The molecular formula is C57H46N4. The van der Waals surface area contributed by atoms with Crippen LogP contribution < -0.4 is 4.90 Å². The first-order valence-corrected chi connectivity index (χ1v) is 20.7. The van der Waals surface area contributed by atoms with Gasteiger partial charge in [0.1, 0.15) is 0 Å². The fourth-order valence-electron chi connectivity index (χ4n) is 8.85. The Labute approximate surface area is 357 Å². The first-order chi connectivity index (χ1) is 30.2. The van der Waals surface area contributed by atoms with E-state index in [9.17, 15) is 0 Å². The van der Waals surface area contributed by atoms with Crippen LogP contribution in [0.4, 0.5) is 11.4 Å². The summed E-state index contributed by atoms with van der Waals surface area (Å²) in [6.07, 6.45) is 14.7. The third-order valence-corrected chi connectivity index (χ3v) is 11.6. The highest BCUT2D eigenvalue weighted by molar-refractivity contribution is 6.11. The van der Waals surface area contributed by atoms with E-state index >= 15 is 0 Å². The van der Waals surface area contributed by atoms with E-state index in [0.717, 1.165) is 29.3 Å². The molecule has 0 atom stereocenters. The van der Waals surface area contributed by atoms with E-state index in [4.69, 9.17) is 0 Å². The molecule has 4 heteroatoms. The molecule has 0 unspecified atom stereocenters. The molecule has 0 bridgehead atoms. The fourth-order valence-corrected chi connectivity index (χ4v) is 8.85. The Kier molecular flexibility index (Phi) is 10.8. The minimum Gasteiger partial charge on any atom is -0.344 e. The molecule has 4 nitrogen and oxygen atoms in total. The van der Waals surface area contributed by atoms with Gasteiger partial charge in [-0.25, -0.2) is 0 Å². The molecule has 0 spiro atoms. The van der Waals surface area contributed by atoms with Gasteiger partial charge in [0.15, 0.2) is 0 Å². The van der Waals surface area contributed by atoms with Gasteiger partial charge in [0.2, 0.25) is 0 Å². The molecule has 11 rings (SSSR count). The monoisotopic (exact) mass is 786 g/mol. The zero-order valence-corrected chi connectivity index (χ0v) is 34.4. The highest BCUT2D eigenvalue weighted by atomic mass is 15.1. The predicted octanol–water partition coefficient (Wildman–Crippen LogP) is 14.7. The maximum Gasteiger partial charge on any atom is 0.0541 e. The number of anilines is 2. The summed E-state index contributed by atoms with van der Waals surface area (Å²) >= 11 is 0. The second-order valence-electron chi connectivity index (χ2n) is 14.9. The van der Waals surface area contributed by atoms with Crippen molar-refractivity contribution < 1.29 is 0 Å². The lowest BCUT2D eigenvalue weighted by Crippen LogP contribution is -2.17. The summed E-state index contributed by atoms with van der Waals surface area (Å²) < 4.78 is 6.98. The Hall–Kier alpha value is -8.00. The topological polar surface area (TPSA) is 18.0 Å². The summed E-state index contributed by atoms with van der Waals surface area (Å²) in [4.78, 5) is 2.37. The van der Waals surface area contributed by atoms with Gasteiger partial charge in [-0.1, -0.05) is 140 Å². The van der Waals surface area contributed by atoms with Gasteiger partial charge in [-0.2, -0.15) is 0 Å². The molecule has 11 aromatic rings. The van der Waals surface area contributed by atoms with Crippen LogP contribution in [-0.4, -0.2) is 20.2 Å². The minimum atomic E-state index is 0.729. The molecule has 0 saturated carbocycles. The summed E-state index contributed by atoms with van der Waals surface area (Å²) in [5.41, 5.74) is 12.1. The first kappa shape index (κ1) is 38.5. The van der Waals surface area contributed by atoms with Crippen molar-refractivity contribution in [1.29, 1.82) is 0 Å². The van der Waals surface area contributed by atoms with E-state index in [2.05, 4.69) is 264 Å². The highest BCUT2D eigenvalue weighted by Gasteiger charge is 2.15. The molecular weight excluding hydrogens is 741 g/mol. The number of nitrogens with zero attached hydrogens (tertiary/aromatic N) is 4. The van der Waals surface area contributed by atoms with E-state index in [1.54, 1.807) is 0 Å². The maximum atomic E-state index is 4.00. The van der Waals surface area contributed by atoms with Crippen LogP contribution in [0.1, 0.15) is 6.92 Å². The lowest BCUT2D eigenvalue weighted by Gasteiger charge is -2.24. The summed E-state index contributed by atoms with van der Waals surface area (Å²) in [6.45, 7) is 2.85. The molecule has 0 radical (unpaired) electrons. The van der Waals surface area contributed by atoms with Crippen LogP contribution in [0.15, 0.2) is 218 Å². The van der Waals surface area contributed by atoms with E-state index in [0.29, 0.717) is 0 Å². The smallest absolute Gasteiger partial charge is 0.0541 e. The van der Waals surface area contributed by atoms with Gasteiger partial charge < -0.3 is 18.6 Å². The Morgan fingerprint density at radius 1 is 0.443 bits per heavy atom. The van der Waals surface area contributed by atoms with Gasteiger partial charge in [-0.05, 0) is 85.8 Å². The van der Waals surface area contributed by atoms with Crippen molar-refractivity contribution in [2.75, 3.05) is 11.4 Å². The third-order valence-electron chi connectivity index (χ3n) is 11.6. The molecule has 8 aromatic carbocycles. The minimum absolute atomic E-state index is 0.729. The standard InChI is InChI=1S/C42H33N3.C13H11N.C2H2/c1-2-31(44-39-22-10-6-18-35(39)36-19-7-11-23-40(36)44)17-14-30-43(32-15-4-3-5-16-32)33-26-28-34(29-27-33)45-41-24-12-8-20-37(41)38-21-9-13-25-42(38)45;1-14-12-8-4-2-6-10(12)11-7-3-5-9-13(11)14;1-2/h2-29H,30H2,1H3;2-9H,1H3;1-2H/b17-14-,31-2+;;. The normalized spacial score (nSPS) is 11.6. The second-order valence-corrected chi connectivity index (χ2v) is 14.9. The largest absolute Gasteiger partial charge is 0.344 e. The van der Waals surface area contributed by atoms with Crippen molar-refractivity contribution in [3.63, 3.8) is 0 Å². The third kappa shape index (κ3) is 7.03. The molecule has 61 heavy (non-hydrogen) atoms. The Balaban J connectivity index is 0.000000249. The number of allylic oxidation sites excluding steroid dienone is 3. The Bertz CT molecular complexity index is 3210. The van der Waals surface area contributed by atoms with Gasteiger partial charge in [0, 0.05) is 79.7 Å². The lowest BCUT2D eigenvalue weighted by molar-refractivity contribution is 1.01. The fraction of sp³-hybridized carbons (Fsp3) is 0.0526. The lowest BCUT2D eigenvalue weighted by atomic mass is 10.2. The average Bonchev–Trinajstić information content (AvgIpc) is 3.96. The van der Waals surface area contributed by atoms with Crippen molar-refractivity contribution in [3.05, 3.63) is 218 Å². The quantitative estimate of drug-likeness (QED) is 0.116. The van der Waals surface area contributed by atoms with Crippen LogP contribution in [0.2, 0.25) is 0 Å². The van der Waals surface area contributed by atoms with Gasteiger partial charge in [0.25, 0.3) is 0 Å². The van der Waals surface area contributed by atoms with Crippen molar-refractivity contribution in [2.45, 2.75) is 6.92 Å². The zero-order valence-electron chi connectivity index (χ0n) is 34.4. The number of terminal acetylenes is 1. The van der Waals surface area contributed by atoms with Crippen LogP contribution in [-0.2, 0) is 7.05 Å². The van der Waals surface area contributed by atoms with E-state index in [1.165, 1.54) is 65.4 Å². The molecule has 0 amide bonds. The van der Waals surface area contributed by atoms with Crippen LogP contribution >= 0.6 is 0 Å². The van der Waals surface area contributed by atoms with Crippen LogP contribution in [0, 0.1) is 12.8 Å². The van der Waals surface area contributed by atoms with Crippen LogP contribution in [0.5, 0.6) is 0 Å². The molecule has 3 heterocycles. The summed E-state index contributed by atoms with van der Waals surface area (Å²) in [5.74, 6) is 0. The van der Waals surface area contributed by atoms with Crippen molar-refractivity contribution in [3.8, 4) is 18.5 Å². The first-order valence-electron chi connectivity index (χ1n) is 20.7. The number of aromatic nitrogens is 3. The Morgan fingerprint density at radius 2 is 0.803 bits per heavy atom. The molecule has 0 fully saturated rings. The number of hydrogen-bond acceptors (Lipinski definition) is 1. The number of hydrogen-bond donors (Lipinski definition) is 0. The van der Waals surface area contributed by atoms with Crippen molar-refractivity contribution in [2.24, 2.45) is 7.05 Å².